The molecular weight excluding hydrogens is 259 g/mol. The number of hydrogen-bond donors (Lipinski definition) is 0. The summed E-state index contributed by atoms with van der Waals surface area (Å²) in [5.74, 6) is 0. The molecule has 2 aromatic rings. The monoisotopic (exact) mass is 270 g/mol. The molecule has 0 saturated carbocycles. The predicted molar refractivity (Wildman–Crippen MR) is 72.9 cm³/mol. The Bertz CT molecular complexity index is 482. The number of alkyl halides is 1. The van der Waals surface area contributed by atoms with Crippen LogP contribution in [0.4, 0.5) is 0 Å². The molecule has 3 heteroatoms. The minimum atomic E-state index is -0.101. The van der Waals surface area contributed by atoms with Crippen LogP contribution in [0.15, 0.2) is 30.3 Å². The van der Waals surface area contributed by atoms with Crippen LogP contribution in [-0.2, 0) is 0 Å². The topological polar surface area (TPSA) is 0 Å². The fourth-order valence-corrected chi connectivity index (χ4v) is 3.18. The van der Waals surface area contributed by atoms with Crippen LogP contribution < -0.4 is 0 Å². The summed E-state index contributed by atoms with van der Waals surface area (Å²) in [6.07, 6.45) is 0. The average Bonchev–Trinajstić information content (AvgIpc) is 2.62. The molecule has 0 N–H and O–H groups in total. The first-order valence-corrected chi connectivity index (χ1v) is 6.67. The largest absolute Gasteiger partial charge is 0.144 e. The zero-order chi connectivity index (χ0) is 11.7. The van der Waals surface area contributed by atoms with E-state index < -0.39 is 0 Å². The number of halogens is 2. The summed E-state index contributed by atoms with van der Waals surface area (Å²) in [5.41, 5.74) is 2.20. The van der Waals surface area contributed by atoms with Gasteiger partial charge in [0.05, 0.1) is 5.38 Å². The van der Waals surface area contributed by atoms with Crippen molar-refractivity contribution in [3.8, 4) is 0 Å². The highest BCUT2D eigenvalue weighted by Gasteiger charge is 2.13. The predicted octanol–water partition coefficient (Wildman–Crippen LogP) is 5.35. The molecule has 0 nitrogen and oxygen atoms in total. The van der Waals surface area contributed by atoms with Crippen LogP contribution in [0.2, 0.25) is 5.02 Å². The van der Waals surface area contributed by atoms with Crippen LogP contribution in [0.3, 0.4) is 0 Å². The number of aryl methyl sites for hydroxylation is 2. The van der Waals surface area contributed by atoms with Gasteiger partial charge >= 0.3 is 0 Å². The molecule has 0 amide bonds. The molecular formula is C13H12Cl2S. The molecule has 1 aromatic heterocycles. The highest BCUT2D eigenvalue weighted by atomic mass is 35.5. The smallest absolute Gasteiger partial charge is 0.0928 e. The summed E-state index contributed by atoms with van der Waals surface area (Å²) < 4.78 is 0. The first-order valence-electron chi connectivity index (χ1n) is 5.04. The lowest BCUT2D eigenvalue weighted by Gasteiger charge is -2.09. The van der Waals surface area contributed by atoms with E-state index in [4.69, 9.17) is 23.2 Å². The molecule has 1 atom stereocenters. The highest BCUT2D eigenvalue weighted by molar-refractivity contribution is 7.12. The van der Waals surface area contributed by atoms with Gasteiger partial charge in [-0.3, -0.25) is 0 Å². The summed E-state index contributed by atoms with van der Waals surface area (Å²) in [7, 11) is 0. The quantitative estimate of drug-likeness (QED) is 0.646. The van der Waals surface area contributed by atoms with Gasteiger partial charge in [-0.2, -0.15) is 0 Å². The van der Waals surface area contributed by atoms with Crippen molar-refractivity contribution in [3.05, 3.63) is 56.2 Å². The third-order valence-corrected chi connectivity index (χ3v) is 4.27. The Kier molecular flexibility index (Phi) is 3.58. The van der Waals surface area contributed by atoms with E-state index in [2.05, 4.69) is 25.1 Å². The van der Waals surface area contributed by atoms with Crippen LogP contribution in [0.25, 0.3) is 0 Å². The first kappa shape index (κ1) is 12.0. The molecule has 0 radical (unpaired) electrons. The fourth-order valence-electron chi connectivity index (χ4n) is 1.66. The van der Waals surface area contributed by atoms with Gasteiger partial charge in [0.15, 0.2) is 0 Å². The maximum absolute atomic E-state index is 6.44. The zero-order valence-corrected chi connectivity index (χ0v) is 11.5. The second-order valence-corrected chi connectivity index (χ2v) is 6.07. The van der Waals surface area contributed by atoms with Crippen LogP contribution in [0.1, 0.15) is 26.3 Å². The third kappa shape index (κ3) is 2.60. The standard InChI is InChI=1S/C13H12Cl2S/c1-8-5-10(7-11(14)6-8)13(15)12-4-3-9(2)16-12/h3-7,13H,1-2H3. The molecule has 0 aliphatic carbocycles. The summed E-state index contributed by atoms with van der Waals surface area (Å²) in [6.45, 7) is 4.11. The normalized spacial score (nSPS) is 12.8. The summed E-state index contributed by atoms with van der Waals surface area (Å²) in [5, 5.41) is 0.644. The van der Waals surface area contributed by atoms with E-state index in [0.29, 0.717) is 0 Å². The van der Waals surface area contributed by atoms with Crippen LogP contribution in [-0.4, -0.2) is 0 Å². The molecule has 16 heavy (non-hydrogen) atoms. The second-order valence-electron chi connectivity index (χ2n) is 3.87. The maximum Gasteiger partial charge on any atom is 0.0928 e. The molecule has 0 fully saturated rings. The second kappa shape index (κ2) is 4.79. The third-order valence-electron chi connectivity index (χ3n) is 2.37. The molecule has 0 aliphatic heterocycles. The molecule has 0 aliphatic rings. The first-order chi connectivity index (χ1) is 7.56. The number of thiophene rings is 1. The van der Waals surface area contributed by atoms with Gasteiger partial charge in [-0.25, -0.2) is 0 Å². The van der Waals surface area contributed by atoms with Gasteiger partial charge in [-0.1, -0.05) is 17.7 Å². The molecule has 0 spiro atoms. The van der Waals surface area contributed by atoms with Crippen LogP contribution in [0, 0.1) is 13.8 Å². The Morgan fingerprint density at radius 2 is 1.88 bits per heavy atom. The van der Waals surface area contributed by atoms with Gasteiger partial charge in [0.2, 0.25) is 0 Å². The van der Waals surface area contributed by atoms with Gasteiger partial charge in [-0.15, -0.1) is 22.9 Å². The SMILES string of the molecule is Cc1cc(Cl)cc(C(Cl)c2ccc(C)s2)c1. The Morgan fingerprint density at radius 1 is 1.12 bits per heavy atom. The van der Waals surface area contributed by atoms with Crippen molar-refractivity contribution in [3.63, 3.8) is 0 Å². The van der Waals surface area contributed by atoms with Crippen molar-refractivity contribution in [2.75, 3.05) is 0 Å². The van der Waals surface area contributed by atoms with E-state index in [1.165, 1.54) is 9.75 Å². The van der Waals surface area contributed by atoms with Crippen LogP contribution in [0.5, 0.6) is 0 Å². The van der Waals surface area contributed by atoms with Crippen molar-refractivity contribution in [2.24, 2.45) is 0 Å². The van der Waals surface area contributed by atoms with Crippen molar-refractivity contribution in [2.45, 2.75) is 19.2 Å². The molecule has 0 bridgehead atoms. The average molecular weight is 271 g/mol. The molecule has 84 valence electrons. The Balaban J connectivity index is 2.37. The number of hydrogen-bond acceptors (Lipinski definition) is 1. The molecule has 1 unspecified atom stereocenters. The van der Waals surface area contributed by atoms with Gasteiger partial charge in [0.25, 0.3) is 0 Å². The van der Waals surface area contributed by atoms with E-state index in [-0.39, 0.29) is 5.38 Å². The molecule has 0 saturated heterocycles. The number of rotatable bonds is 2. The lowest BCUT2D eigenvalue weighted by Crippen LogP contribution is -1.91. The van der Waals surface area contributed by atoms with Crippen molar-refractivity contribution in [1.82, 2.24) is 0 Å². The van der Waals surface area contributed by atoms with Gasteiger partial charge in [0.1, 0.15) is 0 Å². The van der Waals surface area contributed by atoms with Gasteiger partial charge in [0, 0.05) is 14.8 Å². The maximum atomic E-state index is 6.44. The van der Waals surface area contributed by atoms with E-state index in [1.54, 1.807) is 11.3 Å². The lowest BCUT2D eigenvalue weighted by molar-refractivity contribution is 1.17. The fraction of sp³-hybridized carbons (Fsp3) is 0.231. The minimum absolute atomic E-state index is 0.101. The molecule has 1 aromatic carbocycles. The van der Waals surface area contributed by atoms with E-state index >= 15 is 0 Å². The van der Waals surface area contributed by atoms with E-state index in [0.717, 1.165) is 16.1 Å². The van der Waals surface area contributed by atoms with Crippen molar-refractivity contribution >= 4 is 34.5 Å². The highest BCUT2D eigenvalue weighted by Crippen LogP contribution is 2.34. The summed E-state index contributed by atoms with van der Waals surface area (Å²) >= 11 is 14.2. The Hall–Kier alpha value is -0.500. The van der Waals surface area contributed by atoms with Crippen LogP contribution >= 0.6 is 34.5 Å². The summed E-state index contributed by atoms with van der Waals surface area (Å²) in [4.78, 5) is 2.44. The van der Waals surface area contributed by atoms with Crippen molar-refractivity contribution < 1.29 is 0 Å². The summed E-state index contributed by atoms with van der Waals surface area (Å²) in [6, 6.07) is 10.1. The van der Waals surface area contributed by atoms with E-state index in [9.17, 15) is 0 Å². The number of benzene rings is 1. The van der Waals surface area contributed by atoms with Crippen molar-refractivity contribution in [1.29, 1.82) is 0 Å². The Morgan fingerprint density at radius 3 is 2.44 bits per heavy atom. The molecule has 2 rings (SSSR count). The van der Waals surface area contributed by atoms with E-state index in [1.807, 2.05) is 19.1 Å². The molecule has 1 heterocycles. The van der Waals surface area contributed by atoms with Gasteiger partial charge in [-0.05, 0) is 49.2 Å². The Labute approximate surface area is 110 Å². The lowest BCUT2D eigenvalue weighted by atomic mass is 10.1. The van der Waals surface area contributed by atoms with Gasteiger partial charge < -0.3 is 0 Å². The zero-order valence-electron chi connectivity index (χ0n) is 9.13. The minimum Gasteiger partial charge on any atom is -0.144 e.